The Bertz CT molecular complexity index is 1530. The maximum Gasteiger partial charge on any atom is 0.514 e. The number of likely N-dealkylation sites (N-methyl/N-ethyl adjacent to an activating group) is 1. The van der Waals surface area contributed by atoms with Crippen molar-refractivity contribution in [1.29, 1.82) is 0 Å². The number of piperazine rings is 2. The van der Waals surface area contributed by atoms with Crippen molar-refractivity contribution in [3.8, 4) is 22.8 Å². The van der Waals surface area contributed by atoms with Crippen molar-refractivity contribution < 1.29 is 38.1 Å². The predicted molar refractivity (Wildman–Crippen MR) is 157 cm³/mol. The molecule has 4 heterocycles. The van der Waals surface area contributed by atoms with E-state index in [0.29, 0.717) is 18.7 Å². The lowest BCUT2D eigenvalue weighted by atomic mass is 9.99. The molecule has 0 bridgehead atoms. The number of nitrogens with one attached hydrogen (secondary N) is 1. The lowest BCUT2D eigenvalue weighted by Gasteiger charge is -2.38. The Morgan fingerprint density at radius 2 is 2.00 bits per heavy atom. The Morgan fingerprint density at radius 1 is 1.23 bits per heavy atom. The van der Waals surface area contributed by atoms with Crippen LogP contribution in [0.1, 0.15) is 49.2 Å². The van der Waals surface area contributed by atoms with Gasteiger partial charge in [-0.05, 0) is 46.4 Å². The number of amides is 2. The van der Waals surface area contributed by atoms with Gasteiger partial charge in [-0.25, -0.2) is 19.0 Å². The molecule has 236 valence electrons. The maximum absolute atomic E-state index is 15.7. The molecule has 14 heteroatoms. The number of fused-ring (bicyclic) bond motifs is 2. The van der Waals surface area contributed by atoms with Crippen LogP contribution in [-0.2, 0) is 4.74 Å². The minimum absolute atomic E-state index is 0.0268. The van der Waals surface area contributed by atoms with Crippen molar-refractivity contribution in [1.82, 2.24) is 25.0 Å². The second kappa shape index (κ2) is 11.0. The van der Waals surface area contributed by atoms with Crippen LogP contribution in [-0.4, -0.2) is 113 Å². The summed E-state index contributed by atoms with van der Waals surface area (Å²) in [7, 11) is 2.03. The van der Waals surface area contributed by atoms with Crippen molar-refractivity contribution in [3.63, 3.8) is 0 Å². The third kappa shape index (κ3) is 5.30. The number of carbonyl (C=O) groups is 3. The molecule has 6 rings (SSSR count). The number of benzene rings is 1. The molecule has 1 aliphatic carbocycles. The van der Waals surface area contributed by atoms with E-state index in [2.05, 4.69) is 10.2 Å². The molecule has 2 amide bonds. The van der Waals surface area contributed by atoms with E-state index in [1.807, 2.05) is 7.05 Å². The highest BCUT2D eigenvalue weighted by Gasteiger charge is 2.60. The first kappa shape index (κ1) is 30.4. The molecule has 3 atom stereocenters. The van der Waals surface area contributed by atoms with Crippen molar-refractivity contribution >= 4 is 29.8 Å². The van der Waals surface area contributed by atoms with E-state index in [0.717, 1.165) is 13.1 Å². The molecule has 3 fully saturated rings. The van der Waals surface area contributed by atoms with Crippen LogP contribution in [0.5, 0.6) is 11.5 Å². The third-order valence-corrected chi connectivity index (χ3v) is 9.11. The number of hydrogen-bond acceptors (Lipinski definition) is 9. The molecule has 2 N–H and O–H groups in total. The molecule has 0 radical (unpaired) electrons. The Labute approximate surface area is 259 Å². The number of ether oxygens (including phenoxy) is 3. The SMILES string of the molecule is CN1CCNCC12CC2c1nc(-c2c(F)cccc2OC(=O)OC(C)(C)C)c(Cl)c2c1C(=O)N1CCN(C(=O)O)C[C@@H]1CO2. The number of halogens is 2. The quantitative estimate of drug-likeness (QED) is 0.380. The largest absolute Gasteiger partial charge is 0.514 e. The number of rotatable bonds is 3. The molecule has 1 aromatic carbocycles. The maximum atomic E-state index is 15.7. The van der Waals surface area contributed by atoms with Gasteiger partial charge in [0.05, 0.1) is 23.0 Å². The number of hydrogen-bond donors (Lipinski definition) is 2. The fraction of sp³-hybridized carbons (Fsp3) is 0.533. The Balaban J connectivity index is 1.49. The lowest BCUT2D eigenvalue weighted by Crippen LogP contribution is -2.57. The van der Waals surface area contributed by atoms with E-state index >= 15 is 4.39 Å². The average molecular weight is 632 g/mol. The van der Waals surface area contributed by atoms with Gasteiger partial charge in [0, 0.05) is 50.7 Å². The second-order valence-electron chi connectivity index (χ2n) is 12.7. The minimum Gasteiger partial charge on any atom is -0.489 e. The zero-order chi connectivity index (χ0) is 31.6. The third-order valence-electron chi connectivity index (χ3n) is 8.76. The van der Waals surface area contributed by atoms with E-state index in [9.17, 15) is 19.5 Å². The van der Waals surface area contributed by atoms with Crippen LogP contribution < -0.4 is 14.8 Å². The van der Waals surface area contributed by atoms with Gasteiger partial charge >= 0.3 is 12.2 Å². The molecule has 1 aromatic heterocycles. The van der Waals surface area contributed by atoms with Crippen molar-refractivity contribution in [3.05, 3.63) is 40.3 Å². The highest BCUT2D eigenvalue weighted by Crippen LogP contribution is 2.58. The van der Waals surface area contributed by atoms with E-state index in [1.54, 1.807) is 25.7 Å². The lowest BCUT2D eigenvalue weighted by molar-refractivity contribution is 0.0206. The summed E-state index contributed by atoms with van der Waals surface area (Å²) >= 11 is 6.94. The molecule has 1 saturated carbocycles. The van der Waals surface area contributed by atoms with Gasteiger partial charge in [0.15, 0.2) is 5.75 Å². The van der Waals surface area contributed by atoms with Crippen LogP contribution in [0.3, 0.4) is 0 Å². The Kier molecular flexibility index (Phi) is 7.61. The average Bonchev–Trinajstić information content (AvgIpc) is 3.69. The van der Waals surface area contributed by atoms with Gasteiger partial charge in [-0.3, -0.25) is 9.69 Å². The molecule has 44 heavy (non-hydrogen) atoms. The smallest absolute Gasteiger partial charge is 0.489 e. The molecule has 3 aliphatic heterocycles. The number of carbonyl (C=O) groups excluding carboxylic acids is 2. The first-order valence-electron chi connectivity index (χ1n) is 14.6. The Morgan fingerprint density at radius 3 is 2.70 bits per heavy atom. The van der Waals surface area contributed by atoms with Crippen LogP contribution in [0.4, 0.5) is 14.0 Å². The first-order valence-corrected chi connectivity index (χ1v) is 14.9. The molecule has 2 saturated heterocycles. The highest BCUT2D eigenvalue weighted by atomic mass is 35.5. The van der Waals surface area contributed by atoms with Crippen LogP contribution in [0.2, 0.25) is 5.02 Å². The second-order valence-corrected chi connectivity index (χ2v) is 13.1. The Hall–Kier alpha value is -3.68. The van der Waals surface area contributed by atoms with Gasteiger partial charge in [0.1, 0.15) is 34.4 Å². The van der Waals surface area contributed by atoms with E-state index in [1.165, 1.54) is 23.1 Å². The van der Waals surface area contributed by atoms with Gasteiger partial charge in [-0.15, -0.1) is 0 Å². The normalized spacial score (nSPS) is 25.1. The van der Waals surface area contributed by atoms with Gasteiger partial charge in [0.2, 0.25) is 0 Å². The van der Waals surface area contributed by atoms with Crippen molar-refractivity contribution in [2.24, 2.45) is 0 Å². The van der Waals surface area contributed by atoms with Gasteiger partial charge in [0.25, 0.3) is 5.91 Å². The van der Waals surface area contributed by atoms with Crippen LogP contribution in [0.15, 0.2) is 18.2 Å². The van der Waals surface area contributed by atoms with Crippen LogP contribution in [0, 0.1) is 5.82 Å². The molecule has 1 spiro atoms. The molecule has 4 aliphatic rings. The summed E-state index contributed by atoms with van der Waals surface area (Å²) in [6, 6.07) is 3.45. The number of pyridine rings is 1. The van der Waals surface area contributed by atoms with Crippen LogP contribution >= 0.6 is 11.6 Å². The monoisotopic (exact) mass is 631 g/mol. The zero-order valence-corrected chi connectivity index (χ0v) is 25.7. The van der Waals surface area contributed by atoms with Gasteiger partial charge < -0.3 is 34.4 Å². The van der Waals surface area contributed by atoms with Gasteiger partial charge in [-0.1, -0.05) is 17.7 Å². The number of carboxylic acid groups (broad SMARTS) is 1. The van der Waals surface area contributed by atoms with E-state index in [-0.39, 0.29) is 76.9 Å². The molecular weight excluding hydrogens is 597 g/mol. The van der Waals surface area contributed by atoms with Crippen molar-refractivity contribution in [2.45, 2.75) is 50.3 Å². The summed E-state index contributed by atoms with van der Waals surface area (Å²) < 4.78 is 32.7. The van der Waals surface area contributed by atoms with Crippen LogP contribution in [0.25, 0.3) is 11.3 Å². The standard InChI is InChI=1S/C30H35ClFN5O7/c1-29(2,3)44-28(41)43-19-7-5-6-18(32)20(19)24-22(31)25-21(23(34-24)17-12-30(17)15-33-8-9-35(30)4)26(38)37-11-10-36(27(39)40)13-16(37)14-42-25/h5-7,16-17,33H,8-15H2,1-4H3,(H,39,40)/t16-,17?,30?/m1/s1. The predicted octanol–water partition coefficient (Wildman–Crippen LogP) is 3.81. The summed E-state index contributed by atoms with van der Waals surface area (Å²) in [6.07, 6.45) is -1.41. The first-order chi connectivity index (χ1) is 20.8. The number of aromatic nitrogens is 1. The summed E-state index contributed by atoms with van der Waals surface area (Å²) in [5.74, 6) is -1.43. The summed E-state index contributed by atoms with van der Waals surface area (Å²) in [6.45, 7) is 7.70. The van der Waals surface area contributed by atoms with Crippen molar-refractivity contribution in [2.75, 3.05) is 52.9 Å². The highest BCUT2D eigenvalue weighted by molar-refractivity contribution is 6.35. The van der Waals surface area contributed by atoms with Gasteiger partial charge in [-0.2, -0.15) is 0 Å². The van der Waals surface area contributed by atoms with E-state index in [4.69, 9.17) is 30.8 Å². The molecular formula is C30H35ClFN5O7. The molecule has 2 unspecified atom stereocenters. The number of nitrogens with zero attached hydrogens (tertiary/aromatic N) is 4. The molecule has 2 aromatic rings. The summed E-state index contributed by atoms with van der Waals surface area (Å²) in [5.41, 5.74) is -0.778. The zero-order valence-electron chi connectivity index (χ0n) is 25.0. The summed E-state index contributed by atoms with van der Waals surface area (Å²) in [5, 5.41) is 12.9. The fourth-order valence-corrected chi connectivity index (χ4v) is 6.72. The van der Waals surface area contributed by atoms with E-state index < -0.39 is 29.7 Å². The molecule has 12 nitrogen and oxygen atoms in total. The summed E-state index contributed by atoms with van der Waals surface area (Å²) in [4.78, 5) is 48.6. The fourth-order valence-electron chi connectivity index (χ4n) is 6.43. The topological polar surface area (TPSA) is 134 Å². The minimum atomic E-state index is -1.08.